The second-order valence-electron chi connectivity index (χ2n) is 5.75. The summed E-state index contributed by atoms with van der Waals surface area (Å²) in [6.45, 7) is 2.17. The van der Waals surface area contributed by atoms with Gasteiger partial charge in [-0.2, -0.15) is 0 Å². The van der Waals surface area contributed by atoms with Crippen LogP contribution in [-0.2, 0) is 6.54 Å². The largest absolute Gasteiger partial charge is 0.370 e. The molecule has 1 aromatic carbocycles. The second kappa shape index (κ2) is 7.22. The molecule has 0 spiro atoms. The van der Waals surface area contributed by atoms with Gasteiger partial charge in [0.25, 0.3) is 5.91 Å². The number of amides is 1. The van der Waals surface area contributed by atoms with Crippen LogP contribution in [0, 0.1) is 5.82 Å². The first-order valence-corrected chi connectivity index (χ1v) is 7.95. The van der Waals surface area contributed by atoms with Crippen LogP contribution in [0.3, 0.4) is 0 Å². The van der Waals surface area contributed by atoms with Crippen molar-refractivity contribution >= 4 is 11.6 Å². The Morgan fingerprint density at radius 1 is 1.17 bits per heavy atom. The molecule has 5 heteroatoms. The van der Waals surface area contributed by atoms with Crippen molar-refractivity contribution in [3.05, 3.63) is 59.7 Å². The molecular formula is C18H20FN3O. The van der Waals surface area contributed by atoms with Crippen molar-refractivity contribution in [2.24, 2.45) is 0 Å². The Kier molecular flexibility index (Phi) is 4.86. The van der Waals surface area contributed by atoms with Gasteiger partial charge in [-0.3, -0.25) is 9.78 Å². The lowest BCUT2D eigenvalue weighted by molar-refractivity contribution is 0.0950. The van der Waals surface area contributed by atoms with Gasteiger partial charge >= 0.3 is 0 Å². The van der Waals surface area contributed by atoms with Crippen molar-refractivity contribution < 1.29 is 9.18 Å². The summed E-state index contributed by atoms with van der Waals surface area (Å²) < 4.78 is 13.6. The van der Waals surface area contributed by atoms with Gasteiger partial charge in [-0.05, 0) is 31.4 Å². The highest BCUT2D eigenvalue weighted by Gasteiger charge is 2.14. The molecule has 1 aromatic heterocycles. The number of pyridine rings is 1. The van der Waals surface area contributed by atoms with Crippen LogP contribution in [-0.4, -0.2) is 24.0 Å². The lowest BCUT2D eigenvalue weighted by Crippen LogP contribution is -2.30. The SMILES string of the molecule is O=C(NCc1ccccc1F)c1cncc(N2CCCCC2)c1. The predicted molar refractivity (Wildman–Crippen MR) is 87.9 cm³/mol. The quantitative estimate of drug-likeness (QED) is 0.943. The first-order valence-electron chi connectivity index (χ1n) is 7.95. The highest BCUT2D eigenvalue weighted by Crippen LogP contribution is 2.19. The molecule has 1 N–H and O–H groups in total. The third-order valence-corrected chi connectivity index (χ3v) is 4.10. The number of anilines is 1. The third-order valence-electron chi connectivity index (χ3n) is 4.10. The number of aromatic nitrogens is 1. The predicted octanol–water partition coefficient (Wildman–Crippen LogP) is 3.14. The van der Waals surface area contributed by atoms with Crippen LogP contribution in [0.25, 0.3) is 0 Å². The van der Waals surface area contributed by atoms with Gasteiger partial charge in [0.05, 0.1) is 17.4 Å². The molecule has 23 heavy (non-hydrogen) atoms. The molecular weight excluding hydrogens is 293 g/mol. The zero-order valence-corrected chi connectivity index (χ0v) is 13.0. The van der Waals surface area contributed by atoms with Crippen LogP contribution >= 0.6 is 0 Å². The van der Waals surface area contributed by atoms with Crippen LogP contribution in [0.5, 0.6) is 0 Å². The number of carbonyl (C=O) groups is 1. The van der Waals surface area contributed by atoms with E-state index in [1.807, 2.05) is 6.07 Å². The normalized spacial score (nSPS) is 14.6. The average molecular weight is 313 g/mol. The number of hydrogen-bond donors (Lipinski definition) is 1. The molecule has 1 aliphatic heterocycles. The van der Waals surface area contributed by atoms with E-state index >= 15 is 0 Å². The van der Waals surface area contributed by atoms with Crippen LogP contribution < -0.4 is 10.2 Å². The number of nitrogens with one attached hydrogen (secondary N) is 1. The summed E-state index contributed by atoms with van der Waals surface area (Å²) in [6, 6.07) is 8.29. The standard InChI is InChI=1S/C18H20FN3O/c19-17-7-3-2-6-14(17)12-21-18(23)15-10-16(13-20-11-15)22-8-4-1-5-9-22/h2-3,6-7,10-11,13H,1,4-5,8-9,12H2,(H,21,23). The van der Waals surface area contributed by atoms with E-state index in [1.165, 1.54) is 25.3 Å². The summed E-state index contributed by atoms with van der Waals surface area (Å²) >= 11 is 0. The third kappa shape index (κ3) is 3.86. The highest BCUT2D eigenvalue weighted by molar-refractivity contribution is 5.94. The van der Waals surface area contributed by atoms with Gasteiger partial charge in [0, 0.05) is 31.4 Å². The minimum absolute atomic E-state index is 0.166. The molecule has 0 bridgehead atoms. The number of hydrogen-bond acceptors (Lipinski definition) is 3. The van der Waals surface area contributed by atoms with Crippen LogP contribution in [0.1, 0.15) is 35.2 Å². The highest BCUT2D eigenvalue weighted by atomic mass is 19.1. The number of halogens is 1. The van der Waals surface area contributed by atoms with E-state index in [0.29, 0.717) is 11.1 Å². The molecule has 1 amide bonds. The van der Waals surface area contributed by atoms with Crippen LogP contribution in [0.2, 0.25) is 0 Å². The van der Waals surface area contributed by atoms with Gasteiger partial charge in [0.2, 0.25) is 0 Å². The zero-order chi connectivity index (χ0) is 16.1. The van der Waals surface area contributed by atoms with Crippen molar-refractivity contribution in [2.45, 2.75) is 25.8 Å². The number of nitrogens with zero attached hydrogens (tertiary/aromatic N) is 2. The topological polar surface area (TPSA) is 45.2 Å². The smallest absolute Gasteiger partial charge is 0.253 e. The molecule has 0 radical (unpaired) electrons. The first-order chi connectivity index (χ1) is 11.2. The minimum atomic E-state index is -0.312. The molecule has 0 unspecified atom stereocenters. The lowest BCUT2D eigenvalue weighted by Gasteiger charge is -2.28. The molecule has 1 aliphatic rings. The maximum absolute atomic E-state index is 13.6. The average Bonchev–Trinajstić information content (AvgIpc) is 2.62. The Hall–Kier alpha value is -2.43. The Morgan fingerprint density at radius 3 is 2.74 bits per heavy atom. The van der Waals surface area contributed by atoms with E-state index in [2.05, 4.69) is 15.2 Å². The van der Waals surface area contributed by atoms with Crippen molar-refractivity contribution in [2.75, 3.05) is 18.0 Å². The number of piperidine rings is 1. The molecule has 2 heterocycles. The van der Waals surface area contributed by atoms with E-state index in [1.54, 1.807) is 30.6 Å². The number of benzene rings is 1. The fraction of sp³-hybridized carbons (Fsp3) is 0.333. The van der Waals surface area contributed by atoms with E-state index < -0.39 is 0 Å². The van der Waals surface area contributed by atoms with Gasteiger partial charge in [-0.15, -0.1) is 0 Å². The number of carbonyl (C=O) groups excluding carboxylic acids is 1. The molecule has 0 aliphatic carbocycles. The van der Waals surface area contributed by atoms with Crippen LogP contribution in [0.4, 0.5) is 10.1 Å². The van der Waals surface area contributed by atoms with Crippen molar-refractivity contribution in [3.8, 4) is 0 Å². The van der Waals surface area contributed by atoms with Gasteiger partial charge in [0.1, 0.15) is 5.82 Å². The maximum Gasteiger partial charge on any atom is 0.253 e. The monoisotopic (exact) mass is 313 g/mol. The second-order valence-corrected chi connectivity index (χ2v) is 5.75. The zero-order valence-electron chi connectivity index (χ0n) is 13.0. The summed E-state index contributed by atoms with van der Waals surface area (Å²) in [5, 5.41) is 2.75. The van der Waals surface area contributed by atoms with Crippen molar-refractivity contribution in [1.29, 1.82) is 0 Å². The lowest BCUT2D eigenvalue weighted by atomic mass is 10.1. The van der Waals surface area contributed by atoms with E-state index in [9.17, 15) is 9.18 Å². The van der Waals surface area contributed by atoms with Gasteiger partial charge in [-0.25, -0.2) is 4.39 Å². The number of rotatable bonds is 4. The summed E-state index contributed by atoms with van der Waals surface area (Å²) in [5.41, 5.74) is 1.95. The minimum Gasteiger partial charge on any atom is -0.370 e. The molecule has 1 fully saturated rings. The Morgan fingerprint density at radius 2 is 1.96 bits per heavy atom. The molecule has 0 saturated carbocycles. The molecule has 2 aromatic rings. The summed E-state index contributed by atoms with van der Waals surface area (Å²) in [4.78, 5) is 18.7. The Bertz CT molecular complexity index is 683. The van der Waals surface area contributed by atoms with Gasteiger partial charge in [0.15, 0.2) is 0 Å². The van der Waals surface area contributed by atoms with E-state index in [0.717, 1.165) is 18.8 Å². The van der Waals surface area contributed by atoms with Crippen molar-refractivity contribution in [1.82, 2.24) is 10.3 Å². The molecule has 4 nitrogen and oxygen atoms in total. The maximum atomic E-state index is 13.6. The molecule has 3 rings (SSSR count). The summed E-state index contributed by atoms with van der Waals surface area (Å²) in [5.74, 6) is -0.549. The molecule has 120 valence electrons. The van der Waals surface area contributed by atoms with Crippen LogP contribution in [0.15, 0.2) is 42.7 Å². The fourth-order valence-corrected chi connectivity index (χ4v) is 2.80. The van der Waals surface area contributed by atoms with E-state index in [-0.39, 0.29) is 18.3 Å². The van der Waals surface area contributed by atoms with Crippen molar-refractivity contribution in [3.63, 3.8) is 0 Å². The molecule has 1 saturated heterocycles. The van der Waals surface area contributed by atoms with E-state index in [4.69, 9.17) is 0 Å². The Labute approximate surface area is 135 Å². The van der Waals surface area contributed by atoms with Gasteiger partial charge in [-0.1, -0.05) is 18.2 Å². The van der Waals surface area contributed by atoms with Gasteiger partial charge < -0.3 is 10.2 Å². The first kappa shape index (κ1) is 15.5. The summed E-state index contributed by atoms with van der Waals surface area (Å²) in [6.07, 6.45) is 6.93. The Balaban J connectivity index is 1.66. The molecule has 0 atom stereocenters. The summed E-state index contributed by atoms with van der Waals surface area (Å²) in [7, 11) is 0. The fourth-order valence-electron chi connectivity index (χ4n) is 2.80.